The number of urea groups is 1. The summed E-state index contributed by atoms with van der Waals surface area (Å²) in [4.78, 5) is 24.5. The fourth-order valence-corrected chi connectivity index (χ4v) is 1.22. The molecule has 0 aliphatic rings. The van der Waals surface area contributed by atoms with E-state index < -0.39 is 6.03 Å². The second-order valence-corrected chi connectivity index (χ2v) is 3.58. The van der Waals surface area contributed by atoms with Crippen molar-refractivity contribution in [2.75, 3.05) is 26.2 Å². The molecule has 0 aromatic carbocycles. The second kappa shape index (κ2) is 9.59. The minimum atomic E-state index is -0.450. The van der Waals surface area contributed by atoms with Gasteiger partial charge in [-0.15, -0.1) is 13.2 Å². The molecule has 17 heavy (non-hydrogen) atoms. The van der Waals surface area contributed by atoms with Crippen LogP contribution in [0.2, 0.25) is 0 Å². The minimum Gasteiger partial charge on any atom is -0.338 e. The van der Waals surface area contributed by atoms with E-state index in [2.05, 4.69) is 23.8 Å². The normalized spacial score (nSPS) is 9.76. The van der Waals surface area contributed by atoms with E-state index in [1.165, 1.54) is 0 Å². The number of carbonyl (C=O) groups is 2. The zero-order valence-corrected chi connectivity index (χ0v) is 10.4. The van der Waals surface area contributed by atoms with Crippen molar-refractivity contribution in [3.05, 3.63) is 25.3 Å². The Morgan fingerprint density at radius 3 is 2.29 bits per heavy atom. The molecule has 96 valence electrons. The van der Waals surface area contributed by atoms with Crippen LogP contribution in [0.1, 0.15) is 13.3 Å². The molecule has 0 heterocycles. The van der Waals surface area contributed by atoms with Gasteiger partial charge in [-0.3, -0.25) is 15.0 Å². The van der Waals surface area contributed by atoms with E-state index in [-0.39, 0.29) is 12.5 Å². The Morgan fingerprint density at radius 2 is 1.82 bits per heavy atom. The van der Waals surface area contributed by atoms with Crippen molar-refractivity contribution in [2.24, 2.45) is 0 Å². The Balaban J connectivity index is 3.99. The third-order valence-electron chi connectivity index (χ3n) is 1.93. The van der Waals surface area contributed by atoms with Crippen LogP contribution in [0.3, 0.4) is 0 Å². The largest absolute Gasteiger partial charge is 0.338 e. The molecule has 0 radical (unpaired) electrons. The van der Waals surface area contributed by atoms with Crippen molar-refractivity contribution in [3.63, 3.8) is 0 Å². The molecule has 5 heteroatoms. The van der Waals surface area contributed by atoms with Crippen LogP contribution in [0.5, 0.6) is 0 Å². The zero-order chi connectivity index (χ0) is 13.1. The molecule has 0 aromatic rings. The van der Waals surface area contributed by atoms with Crippen molar-refractivity contribution in [2.45, 2.75) is 13.3 Å². The fourth-order valence-electron chi connectivity index (χ4n) is 1.22. The van der Waals surface area contributed by atoms with Gasteiger partial charge in [-0.2, -0.15) is 0 Å². The van der Waals surface area contributed by atoms with Crippen molar-refractivity contribution in [1.29, 1.82) is 0 Å². The van der Waals surface area contributed by atoms with E-state index in [1.54, 1.807) is 12.2 Å². The zero-order valence-electron chi connectivity index (χ0n) is 10.4. The second-order valence-electron chi connectivity index (χ2n) is 3.58. The molecule has 0 bridgehead atoms. The Labute approximate surface area is 103 Å². The molecule has 2 N–H and O–H groups in total. The maximum absolute atomic E-state index is 11.5. The molecule has 5 nitrogen and oxygen atoms in total. The van der Waals surface area contributed by atoms with Gasteiger partial charge in [-0.05, 0) is 6.42 Å². The first kappa shape index (κ1) is 15.4. The van der Waals surface area contributed by atoms with Gasteiger partial charge in [-0.1, -0.05) is 19.1 Å². The number of imide groups is 1. The highest BCUT2D eigenvalue weighted by Gasteiger charge is 2.10. The van der Waals surface area contributed by atoms with Gasteiger partial charge < -0.3 is 5.32 Å². The first-order chi connectivity index (χ1) is 8.13. The lowest BCUT2D eigenvalue weighted by Crippen LogP contribution is -2.44. The van der Waals surface area contributed by atoms with Crippen LogP contribution in [0.15, 0.2) is 25.3 Å². The Hall–Kier alpha value is -1.62. The third kappa shape index (κ3) is 8.21. The van der Waals surface area contributed by atoms with Gasteiger partial charge in [0.05, 0.1) is 6.54 Å². The summed E-state index contributed by atoms with van der Waals surface area (Å²) in [6.07, 6.45) is 4.24. The average Bonchev–Trinajstić information content (AvgIpc) is 2.26. The summed E-state index contributed by atoms with van der Waals surface area (Å²) in [5, 5.41) is 4.83. The summed E-state index contributed by atoms with van der Waals surface area (Å²) in [6.45, 7) is 11.0. The summed E-state index contributed by atoms with van der Waals surface area (Å²) in [5.74, 6) is -0.331. The van der Waals surface area contributed by atoms with E-state index in [1.807, 2.05) is 11.8 Å². The molecule has 0 saturated heterocycles. The quantitative estimate of drug-likeness (QED) is 0.619. The Bertz CT molecular complexity index is 267. The van der Waals surface area contributed by atoms with Gasteiger partial charge >= 0.3 is 6.03 Å². The van der Waals surface area contributed by atoms with E-state index in [0.29, 0.717) is 19.6 Å². The minimum absolute atomic E-state index is 0.150. The molecular formula is C12H21N3O2. The highest BCUT2D eigenvalue weighted by molar-refractivity contribution is 5.95. The summed E-state index contributed by atoms with van der Waals surface area (Å²) in [7, 11) is 0. The lowest BCUT2D eigenvalue weighted by molar-refractivity contribution is -0.120. The Kier molecular flexibility index (Phi) is 8.68. The van der Waals surface area contributed by atoms with Crippen LogP contribution in [0.4, 0.5) is 4.79 Å². The van der Waals surface area contributed by atoms with Gasteiger partial charge in [-0.25, -0.2) is 4.79 Å². The van der Waals surface area contributed by atoms with Crippen LogP contribution in [-0.4, -0.2) is 43.0 Å². The third-order valence-corrected chi connectivity index (χ3v) is 1.93. The lowest BCUT2D eigenvalue weighted by Gasteiger charge is -2.17. The van der Waals surface area contributed by atoms with E-state index in [0.717, 1.165) is 6.42 Å². The first-order valence-electron chi connectivity index (χ1n) is 5.65. The highest BCUT2D eigenvalue weighted by Crippen LogP contribution is 1.89. The molecule has 0 atom stereocenters. The molecular weight excluding hydrogens is 218 g/mol. The molecule has 0 aromatic heterocycles. The summed E-state index contributed by atoms with van der Waals surface area (Å²) in [5.41, 5.74) is 0. The van der Waals surface area contributed by atoms with Gasteiger partial charge in [0.2, 0.25) is 5.91 Å². The first-order valence-corrected chi connectivity index (χ1v) is 5.65. The number of amides is 3. The number of carbonyl (C=O) groups excluding carboxylic acids is 2. The monoisotopic (exact) mass is 239 g/mol. The summed E-state index contributed by atoms with van der Waals surface area (Å²) >= 11 is 0. The summed E-state index contributed by atoms with van der Waals surface area (Å²) in [6, 6.07) is -0.450. The molecule has 0 fully saturated rings. The van der Waals surface area contributed by atoms with Crippen LogP contribution in [0, 0.1) is 0 Å². The van der Waals surface area contributed by atoms with Crippen LogP contribution in [-0.2, 0) is 4.79 Å². The van der Waals surface area contributed by atoms with Crippen LogP contribution >= 0.6 is 0 Å². The number of hydrogen-bond donors (Lipinski definition) is 2. The van der Waals surface area contributed by atoms with Crippen molar-refractivity contribution >= 4 is 11.9 Å². The molecule has 0 unspecified atom stereocenters. The van der Waals surface area contributed by atoms with Gasteiger partial charge in [0.15, 0.2) is 0 Å². The number of hydrogen-bond acceptors (Lipinski definition) is 3. The van der Waals surface area contributed by atoms with Crippen LogP contribution < -0.4 is 10.6 Å². The maximum atomic E-state index is 11.5. The van der Waals surface area contributed by atoms with Gasteiger partial charge in [0, 0.05) is 19.6 Å². The predicted octanol–water partition coefficient (Wildman–Crippen LogP) is 0.896. The lowest BCUT2D eigenvalue weighted by atomic mass is 10.4. The number of nitrogens with zero attached hydrogens (tertiary/aromatic N) is 1. The van der Waals surface area contributed by atoms with Crippen molar-refractivity contribution in [1.82, 2.24) is 15.5 Å². The van der Waals surface area contributed by atoms with Gasteiger partial charge in [0.1, 0.15) is 0 Å². The molecule has 0 aliphatic carbocycles. The topological polar surface area (TPSA) is 61.4 Å². The van der Waals surface area contributed by atoms with Crippen molar-refractivity contribution < 1.29 is 9.59 Å². The molecule has 0 saturated carbocycles. The predicted molar refractivity (Wildman–Crippen MR) is 68.7 cm³/mol. The summed E-state index contributed by atoms with van der Waals surface area (Å²) < 4.78 is 0. The van der Waals surface area contributed by atoms with E-state index in [9.17, 15) is 9.59 Å². The van der Waals surface area contributed by atoms with Gasteiger partial charge in [0.25, 0.3) is 0 Å². The molecule has 0 aliphatic heterocycles. The molecule has 3 amide bonds. The average molecular weight is 239 g/mol. The number of rotatable bonds is 8. The van der Waals surface area contributed by atoms with Crippen LogP contribution in [0.25, 0.3) is 0 Å². The SMILES string of the molecule is C=CCN(CC=C)CC(=O)NC(=O)NCCC. The Morgan fingerprint density at radius 1 is 1.24 bits per heavy atom. The number of nitrogens with one attached hydrogen (secondary N) is 2. The molecule has 0 rings (SSSR count). The fraction of sp³-hybridized carbons (Fsp3) is 0.500. The maximum Gasteiger partial charge on any atom is 0.321 e. The highest BCUT2D eigenvalue weighted by atomic mass is 16.2. The standard InChI is InChI=1S/C12H21N3O2/c1-4-7-13-12(17)14-11(16)10-15(8-5-2)9-6-3/h5-6H,2-4,7-10H2,1H3,(H2,13,14,16,17). The smallest absolute Gasteiger partial charge is 0.321 e. The van der Waals surface area contributed by atoms with E-state index >= 15 is 0 Å². The van der Waals surface area contributed by atoms with Crippen molar-refractivity contribution in [3.8, 4) is 0 Å². The van der Waals surface area contributed by atoms with E-state index in [4.69, 9.17) is 0 Å². The molecule has 0 spiro atoms.